The van der Waals surface area contributed by atoms with Gasteiger partial charge in [-0.1, -0.05) is 36.4 Å². The average Bonchev–Trinajstić information content (AvgIpc) is 2.17. The van der Waals surface area contributed by atoms with Gasteiger partial charge in [-0.05, 0) is 19.4 Å². The highest BCUT2D eigenvalue weighted by Crippen LogP contribution is 2.13. The van der Waals surface area contributed by atoms with Gasteiger partial charge in [0.25, 0.3) is 0 Å². The molecular weight excluding hydrogens is 160 g/mol. The highest BCUT2D eigenvalue weighted by atomic mass is 16.5. The van der Waals surface area contributed by atoms with Crippen LogP contribution in [-0.4, -0.2) is 5.60 Å². The van der Waals surface area contributed by atoms with Crippen LogP contribution in [0, 0.1) is 0 Å². The van der Waals surface area contributed by atoms with Crippen LogP contribution in [-0.2, 0) is 11.3 Å². The molecule has 1 heteroatoms. The van der Waals surface area contributed by atoms with Crippen molar-refractivity contribution in [2.24, 2.45) is 0 Å². The molecule has 0 unspecified atom stereocenters. The molecule has 0 heterocycles. The van der Waals surface area contributed by atoms with Gasteiger partial charge < -0.3 is 4.74 Å². The maximum absolute atomic E-state index is 5.65. The Hall–Kier alpha value is -1.08. The van der Waals surface area contributed by atoms with E-state index in [-0.39, 0.29) is 5.60 Å². The van der Waals surface area contributed by atoms with Crippen LogP contribution in [0.15, 0.2) is 43.0 Å². The van der Waals surface area contributed by atoms with E-state index in [2.05, 4.69) is 18.7 Å². The minimum atomic E-state index is -0.240. The van der Waals surface area contributed by atoms with Gasteiger partial charge in [-0.15, -0.1) is 6.58 Å². The second-order valence-electron chi connectivity index (χ2n) is 3.58. The van der Waals surface area contributed by atoms with Gasteiger partial charge in [0.05, 0.1) is 12.2 Å². The molecule has 1 aromatic rings. The van der Waals surface area contributed by atoms with Crippen molar-refractivity contribution in [2.45, 2.75) is 26.1 Å². The summed E-state index contributed by atoms with van der Waals surface area (Å²) in [6, 6.07) is 10.1. The molecule has 0 fully saturated rings. The fourth-order valence-electron chi connectivity index (χ4n) is 0.902. The zero-order valence-corrected chi connectivity index (χ0v) is 8.29. The molecule has 0 radical (unpaired) electrons. The van der Waals surface area contributed by atoms with Gasteiger partial charge in [0.15, 0.2) is 0 Å². The fourth-order valence-corrected chi connectivity index (χ4v) is 0.902. The van der Waals surface area contributed by atoms with Crippen molar-refractivity contribution in [2.75, 3.05) is 0 Å². The molecule has 0 saturated heterocycles. The predicted molar refractivity (Wildman–Crippen MR) is 55.5 cm³/mol. The lowest BCUT2D eigenvalue weighted by molar-refractivity contribution is 0.00739. The molecule has 0 aliphatic heterocycles. The van der Waals surface area contributed by atoms with E-state index < -0.39 is 0 Å². The molecule has 1 nitrogen and oxygen atoms in total. The van der Waals surface area contributed by atoms with Gasteiger partial charge >= 0.3 is 0 Å². The summed E-state index contributed by atoms with van der Waals surface area (Å²) < 4.78 is 5.65. The molecule has 0 amide bonds. The number of hydrogen-bond acceptors (Lipinski definition) is 1. The van der Waals surface area contributed by atoms with Crippen LogP contribution in [0.4, 0.5) is 0 Å². The Labute approximate surface area is 80.0 Å². The molecule has 0 saturated carbocycles. The van der Waals surface area contributed by atoms with Crippen LogP contribution in [0.2, 0.25) is 0 Å². The molecular formula is C12H16O. The summed E-state index contributed by atoms with van der Waals surface area (Å²) >= 11 is 0. The monoisotopic (exact) mass is 176 g/mol. The first-order valence-corrected chi connectivity index (χ1v) is 4.45. The second-order valence-corrected chi connectivity index (χ2v) is 3.58. The lowest BCUT2D eigenvalue weighted by Gasteiger charge is -2.20. The van der Waals surface area contributed by atoms with Gasteiger partial charge in [0.2, 0.25) is 0 Å². The third kappa shape index (κ3) is 3.43. The van der Waals surface area contributed by atoms with Crippen LogP contribution in [0.3, 0.4) is 0 Å². The van der Waals surface area contributed by atoms with Gasteiger partial charge in [0.1, 0.15) is 0 Å². The molecule has 1 aromatic carbocycles. The topological polar surface area (TPSA) is 9.23 Å². The van der Waals surface area contributed by atoms with Crippen molar-refractivity contribution in [3.8, 4) is 0 Å². The van der Waals surface area contributed by atoms with Crippen LogP contribution >= 0.6 is 0 Å². The summed E-state index contributed by atoms with van der Waals surface area (Å²) in [4.78, 5) is 0. The lowest BCUT2D eigenvalue weighted by Crippen LogP contribution is -2.20. The van der Waals surface area contributed by atoms with E-state index in [1.165, 1.54) is 5.56 Å². The van der Waals surface area contributed by atoms with E-state index in [4.69, 9.17) is 4.74 Å². The first-order valence-electron chi connectivity index (χ1n) is 4.45. The molecule has 1 rings (SSSR count). The SMILES string of the molecule is C=CC(C)(C)OCc1ccccc1. The fraction of sp³-hybridized carbons (Fsp3) is 0.333. The second kappa shape index (κ2) is 4.24. The van der Waals surface area contributed by atoms with Gasteiger partial charge in [0, 0.05) is 0 Å². The van der Waals surface area contributed by atoms with E-state index in [0.717, 1.165) is 0 Å². The largest absolute Gasteiger partial charge is 0.367 e. The molecule has 0 spiro atoms. The number of ether oxygens (including phenoxy) is 1. The number of hydrogen-bond donors (Lipinski definition) is 0. The van der Waals surface area contributed by atoms with Gasteiger partial charge in [-0.3, -0.25) is 0 Å². The van der Waals surface area contributed by atoms with E-state index in [9.17, 15) is 0 Å². The molecule has 0 atom stereocenters. The Kier molecular flexibility index (Phi) is 3.26. The van der Waals surface area contributed by atoms with Crippen LogP contribution in [0.1, 0.15) is 19.4 Å². The summed E-state index contributed by atoms with van der Waals surface area (Å²) in [7, 11) is 0. The quantitative estimate of drug-likeness (QED) is 0.640. The third-order valence-electron chi connectivity index (χ3n) is 1.95. The molecule has 0 bridgehead atoms. The minimum absolute atomic E-state index is 0.240. The van der Waals surface area contributed by atoms with Crippen molar-refractivity contribution in [1.29, 1.82) is 0 Å². The molecule has 13 heavy (non-hydrogen) atoms. The average molecular weight is 176 g/mol. The smallest absolute Gasteiger partial charge is 0.0808 e. The Morgan fingerprint density at radius 3 is 2.46 bits per heavy atom. The van der Waals surface area contributed by atoms with Gasteiger partial charge in [-0.2, -0.15) is 0 Å². The molecule has 0 N–H and O–H groups in total. The van der Waals surface area contributed by atoms with E-state index in [0.29, 0.717) is 6.61 Å². The number of rotatable bonds is 4. The standard InChI is InChI=1S/C12H16O/c1-4-12(2,3)13-10-11-8-6-5-7-9-11/h4-9H,1,10H2,2-3H3. The molecule has 0 aliphatic rings. The summed E-state index contributed by atoms with van der Waals surface area (Å²) in [5, 5.41) is 0. The van der Waals surface area contributed by atoms with Crippen molar-refractivity contribution in [3.05, 3.63) is 48.6 Å². The summed E-state index contributed by atoms with van der Waals surface area (Å²) in [6.45, 7) is 8.36. The zero-order chi connectivity index (χ0) is 9.73. The normalized spacial score (nSPS) is 11.2. The van der Waals surface area contributed by atoms with Crippen LogP contribution in [0.5, 0.6) is 0 Å². The summed E-state index contributed by atoms with van der Waals surface area (Å²) in [5.41, 5.74) is 0.952. The maximum Gasteiger partial charge on any atom is 0.0808 e. The lowest BCUT2D eigenvalue weighted by atomic mass is 10.1. The Morgan fingerprint density at radius 1 is 1.31 bits per heavy atom. The van der Waals surface area contributed by atoms with Gasteiger partial charge in [-0.25, -0.2) is 0 Å². The maximum atomic E-state index is 5.65. The van der Waals surface area contributed by atoms with Crippen molar-refractivity contribution in [1.82, 2.24) is 0 Å². The first-order chi connectivity index (χ1) is 6.14. The third-order valence-corrected chi connectivity index (χ3v) is 1.95. The van der Waals surface area contributed by atoms with Crippen LogP contribution in [0.25, 0.3) is 0 Å². The van der Waals surface area contributed by atoms with Crippen LogP contribution < -0.4 is 0 Å². The van der Waals surface area contributed by atoms with E-state index >= 15 is 0 Å². The minimum Gasteiger partial charge on any atom is -0.367 e. The predicted octanol–water partition coefficient (Wildman–Crippen LogP) is 3.17. The Balaban J connectivity index is 2.48. The highest BCUT2D eigenvalue weighted by molar-refractivity contribution is 5.13. The Morgan fingerprint density at radius 2 is 1.92 bits per heavy atom. The molecule has 0 aromatic heterocycles. The summed E-state index contributed by atoms with van der Waals surface area (Å²) in [6.07, 6.45) is 1.82. The van der Waals surface area contributed by atoms with Crippen molar-refractivity contribution >= 4 is 0 Å². The van der Waals surface area contributed by atoms with E-state index in [1.54, 1.807) is 0 Å². The van der Waals surface area contributed by atoms with E-state index in [1.807, 2.05) is 38.1 Å². The summed E-state index contributed by atoms with van der Waals surface area (Å²) in [5.74, 6) is 0. The zero-order valence-electron chi connectivity index (χ0n) is 8.29. The molecule has 0 aliphatic carbocycles. The van der Waals surface area contributed by atoms with Crippen molar-refractivity contribution < 1.29 is 4.74 Å². The highest BCUT2D eigenvalue weighted by Gasteiger charge is 2.12. The number of benzene rings is 1. The first kappa shape index (κ1) is 10.0. The van der Waals surface area contributed by atoms with Crippen molar-refractivity contribution in [3.63, 3.8) is 0 Å². The molecule has 70 valence electrons. The Bertz CT molecular complexity index is 262.